The minimum Gasteiger partial charge on any atom is -0.373 e. The second kappa shape index (κ2) is 9.73. The van der Waals surface area contributed by atoms with Gasteiger partial charge in [-0.05, 0) is 60.9 Å². The number of nitrogens with zero attached hydrogens (tertiary/aromatic N) is 5. The number of fused-ring (bicyclic) bond motifs is 1. The molecular weight excluding hydrogens is 434 g/mol. The van der Waals surface area contributed by atoms with Crippen molar-refractivity contribution in [1.29, 1.82) is 0 Å². The standard InChI is InChI=1S/C25H31N5O2S/c1-17(2)24-27-25(32-28-24)29-11-9-20(10-12-29)31-16-18-4-7-23(26-15-18)30-13-8-19-14-21(33-3)5-6-22(19)30/h4-7,14-15,17,20H,8-13,16H2,1-3H3. The van der Waals surface area contributed by atoms with Crippen molar-refractivity contribution in [2.75, 3.05) is 35.7 Å². The van der Waals surface area contributed by atoms with E-state index in [0.717, 1.165) is 56.1 Å². The number of piperidine rings is 1. The van der Waals surface area contributed by atoms with Crippen molar-refractivity contribution in [3.63, 3.8) is 0 Å². The number of rotatable bonds is 7. The molecule has 1 saturated heterocycles. The Kier molecular flexibility index (Phi) is 6.55. The first-order chi connectivity index (χ1) is 16.1. The summed E-state index contributed by atoms with van der Waals surface area (Å²) in [6.45, 7) is 7.45. The molecule has 0 radical (unpaired) electrons. The van der Waals surface area contributed by atoms with Crippen LogP contribution in [0, 0.1) is 0 Å². The van der Waals surface area contributed by atoms with E-state index >= 15 is 0 Å². The fourth-order valence-electron chi connectivity index (χ4n) is 4.42. The van der Waals surface area contributed by atoms with E-state index in [-0.39, 0.29) is 12.0 Å². The van der Waals surface area contributed by atoms with Crippen LogP contribution < -0.4 is 9.80 Å². The number of ether oxygens (including phenoxy) is 1. The molecule has 0 unspecified atom stereocenters. The van der Waals surface area contributed by atoms with Gasteiger partial charge in [-0.1, -0.05) is 25.1 Å². The number of hydrogen-bond donors (Lipinski definition) is 0. The maximum absolute atomic E-state index is 6.19. The van der Waals surface area contributed by atoms with E-state index in [4.69, 9.17) is 14.2 Å². The van der Waals surface area contributed by atoms with Gasteiger partial charge in [0.1, 0.15) is 5.82 Å². The average Bonchev–Trinajstić information content (AvgIpc) is 3.51. The first kappa shape index (κ1) is 22.2. The molecule has 5 rings (SSSR count). The van der Waals surface area contributed by atoms with Gasteiger partial charge in [-0.3, -0.25) is 0 Å². The normalized spacial score (nSPS) is 16.6. The fraction of sp³-hybridized carbons (Fsp3) is 0.480. The molecule has 1 aromatic carbocycles. The topological polar surface area (TPSA) is 67.5 Å². The maximum Gasteiger partial charge on any atom is 0.324 e. The van der Waals surface area contributed by atoms with Gasteiger partial charge in [0.05, 0.1) is 12.7 Å². The first-order valence-corrected chi connectivity index (χ1v) is 12.9. The zero-order valence-electron chi connectivity index (χ0n) is 19.5. The van der Waals surface area contributed by atoms with Gasteiger partial charge in [0.25, 0.3) is 0 Å². The van der Waals surface area contributed by atoms with Gasteiger partial charge in [-0.2, -0.15) is 4.98 Å². The van der Waals surface area contributed by atoms with Crippen molar-refractivity contribution in [1.82, 2.24) is 15.1 Å². The second-order valence-corrected chi connectivity index (χ2v) is 9.89. The lowest BCUT2D eigenvalue weighted by atomic mass is 10.1. The van der Waals surface area contributed by atoms with E-state index in [0.29, 0.717) is 12.6 Å². The Bertz CT molecular complexity index is 1080. The van der Waals surface area contributed by atoms with Crippen LogP contribution in [-0.2, 0) is 17.8 Å². The molecule has 7 nitrogen and oxygen atoms in total. The molecule has 1 fully saturated rings. The highest BCUT2D eigenvalue weighted by Gasteiger charge is 2.24. The first-order valence-electron chi connectivity index (χ1n) is 11.7. The average molecular weight is 466 g/mol. The van der Waals surface area contributed by atoms with Crippen LogP contribution in [0.15, 0.2) is 45.9 Å². The Balaban J connectivity index is 1.12. The lowest BCUT2D eigenvalue weighted by Gasteiger charge is -2.30. The quantitative estimate of drug-likeness (QED) is 0.442. The van der Waals surface area contributed by atoms with Gasteiger partial charge >= 0.3 is 6.01 Å². The van der Waals surface area contributed by atoms with Gasteiger partial charge < -0.3 is 19.1 Å². The molecule has 8 heteroatoms. The Morgan fingerprint density at radius 2 is 2.00 bits per heavy atom. The van der Waals surface area contributed by atoms with Gasteiger partial charge in [-0.25, -0.2) is 4.98 Å². The van der Waals surface area contributed by atoms with Crippen molar-refractivity contribution in [2.45, 2.75) is 56.6 Å². The van der Waals surface area contributed by atoms with Crippen LogP contribution in [0.4, 0.5) is 17.5 Å². The van der Waals surface area contributed by atoms with E-state index in [9.17, 15) is 0 Å². The Morgan fingerprint density at radius 1 is 1.15 bits per heavy atom. The summed E-state index contributed by atoms with van der Waals surface area (Å²) in [5.41, 5.74) is 3.79. The minimum absolute atomic E-state index is 0.240. The molecule has 0 atom stereocenters. The maximum atomic E-state index is 6.19. The van der Waals surface area contributed by atoms with Gasteiger partial charge in [0.2, 0.25) is 0 Å². The number of pyridine rings is 1. The third kappa shape index (κ3) is 4.87. The predicted octanol–water partition coefficient (Wildman–Crippen LogP) is 5.19. The SMILES string of the molecule is CSc1ccc2c(c1)CCN2c1ccc(COC2CCN(c3nc(C(C)C)no3)CC2)cn1. The Hall–Kier alpha value is -2.58. The lowest BCUT2D eigenvalue weighted by Crippen LogP contribution is -2.37. The number of aromatic nitrogens is 3. The van der Waals surface area contributed by atoms with Gasteiger partial charge in [-0.15, -0.1) is 11.8 Å². The Morgan fingerprint density at radius 3 is 2.70 bits per heavy atom. The van der Waals surface area contributed by atoms with Crippen LogP contribution in [0.2, 0.25) is 0 Å². The summed E-state index contributed by atoms with van der Waals surface area (Å²) in [6, 6.07) is 11.6. The highest BCUT2D eigenvalue weighted by molar-refractivity contribution is 7.98. The van der Waals surface area contributed by atoms with Crippen LogP contribution in [0.25, 0.3) is 0 Å². The number of hydrogen-bond acceptors (Lipinski definition) is 8. The lowest BCUT2D eigenvalue weighted by molar-refractivity contribution is 0.0244. The molecular formula is C25H31N5O2S. The number of benzene rings is 1. The summed E-state index contributed by atoms with van der Waals surface area (Å²) in [5, 5.41) is 4.07. The van der Waals surface area contributed by atoms with Crippen LogP contribution in [0.5, 0.6) is 0 Å². The summed E-state index contributed by atoms with van der Waals surface area (Å²) in [6.07, 6.45) is 7.28. The van der Waals surface area contributed by atoms with Crippen molar-refractivity contribution in [3.8, 4) is 0 Å². The van der Waals surface area contributed by atoms with Gasteiger partial charge in [0, 0.05) is 42.3 Å². The molecule has 0 amide bonds. The summed E-state index contributed by atoms with van der Waals surface area (Å²) >= 11 is 1.79. The molecule has 0 spiro atoms. The fourth-order valence-corrected chi connectivity index (χ4v) is 4.89. The van der Waals surface area contributed by atoms with Crippen LogP contribution in [0.1, 0.15) is 49.6 Å². The molecule has 0 N–H and O–H groups in total. The van der Waals surface area contributed by atoms with Crippen LogP contribution >= 0.6 is 11.8 Å². The summed E-state index contributed by atoms with van der Waals surface area (Å²) < 4.78 is 11.6. The number of thioether (sulfide) groups is 1. The molecule has 0 aliphatic carbocycles. The van der Waals surface area contributed by atoms with Crippen LogP contribution in [-0.4, -0.2) is 47.1 Å². The Labute approximate surface area is 199 Å². The third-order valence-corrected chi connectivity index (χ3v) is 7.14. The highest BCUT2D eigenvalue weighted by Crippen LogP contribution is 2.35. The number of anilines is 3. The molecule has 2 aliphatic heterocycles. The summed E-state index contributed by atoms with van der Waals surface area (Å²) in [7, 11) is 0. The predicted molar refractivity (Wildman–Crippen MR) is 132 cm³/mol. The zero-order valence-corrected chi connectivity index (χ0v) is 20.3. The summed E-state index contributed by atoms with van der Waals surface area (Å²) in [5.74, 6) is 2.04. The molecule has 4 heterocycles. The molecule has 3 aromatic rings. The highest BCUT2D eigenvalue weighted by atomic mass is 32.2. The van der Waals surface area contributed by atoms with Crippen molar-refractivity contribution < 1.29 is 9.26 Å². The molecule has 174 valence electrons. The largest absolute Gasteiger partial charge is 0.373 e. The molecule has 0 bridgehead atoms. The van der Waals surface area contributed by atoms with E-state index in [1.54, 1.807) is 11.8 Å². The smallest absolute Gasteiger partial charge is 0.324 e. The van der Waals surface area contributed by atoms with E-state index in [2.05, 4.69) is 70.4 Å². The third-order valence-electron chi connectivity index (χ3n) is 6.41. The van der Waals surface area contributed by atoms with E-state index in [1.807, 2.05) is 6.20 Å². The zero-order chi connectivity index (χ0) is 22.8. The molecule has 2 aromatic heterocycles. The summed E-state index contributed by atoms with van der Waals surface area (Å²) in [4.78, 5) is 15.0. The van der Waals surface area contributed by atoms with E-state index < -0.39 is 0 Å². The monoisotopic (exact) mass is 465 g/mol. The van der Waals surface area contributed by atoms with Gasteiger partial charge in [0.15, 0.2) is 5.82 Å². The van der Waals surface area contributed by atoms with Crippen LogP contribution in [0.3, 0.4) is 0 Å². The molecule has 2 aliphatic rings. The van der Waals surface area contributed by atoms with E-state index in [1.165, 1.54) is 16.1 Å². The minimum atomic E-state index is 0.240. The molecule has 33 heavy (non-hydrogen) atoms. The second-order valence-electron chi connectivity index (χ2n) is 9.01. The van der Waals surface area contributed by atoms with Crippen molar-refractivity contribution >= 4 is 29.3 Å². The van der Waals surface area contributed by atoms with Crippen molar-refractivity contribution in [2.24, 2.45) is 0 Å². The van der Waals surface area contributed by atoms with Crippen molar-refractivity contribution in [3.05, 3.63) is 53.5 Å². The molecule has 0 saturated carbocycles.